The first-order chi connectivity index (χ1) is 16.9. The Balaban J connectivity index is 1.93. The number of nitrogens with zero attached hydrogens (tertiary/aromatic N) is 2. The highest BCUT2D eigenvalue weighted by atomic mass is 16.6. The summed E-state index contributed by atoms with van der Waals surface area (Å²) in [7, 11) is 1.49. The van der Waals surface area contributed by atoms with Crippen LogP contribution in [0.5, 0.6) is 11.5 Å². The number of hydrogen-bond donors (Lipinski definition) is 1. The molecule has 1 heterocycles. The van der Waals surface area contributed by atoms with Crippen molar-refractivity contribution in [3.05, 3.63) is 99.6 Å². The van der Waals surface area contributed by atoms with Crippen LogP contribution < -0.4 is 14.4 Å². The SMILES string of the molecule is CCOc1ccc(/C(O)=C2\C(=O)C(=O)N(c3ccc(OC)cc3)[C@@H]2c2ccccc2[N+](=O)[O-])cc1. The molecule has 1 saturated heterocycles. The highest BCUT2D eigenvalue weighted by Crippen LogP contribution is 2.45. The van der Waals surface area contributed by atoms with Gasteiger partial charge in [-0.3, -0.25) is 24.6 Å². The van der Waals surface area contributed by atoms with Gasteiger partial charge in [0.25, 0.3) is 17.4 Å². The molecule has 1 amide bonds. The lowest BCUT2D eigenvalue weighted by Crippen LogP contribution is -2.29. The van der Waals surface area contributed by atoms with Gasteiger partial charge in [-0.2, -0.15) is 0 Å². The van der Waals surface area contributed by atoms with Gasteiger partial charge in [0, 0.05) is 17.3 Å². The first-order valence-corrected chi connectivity index (χ1v) is 10.8. The van der Waals surface area contributed by atoms with Crippen molar-refractivity contribution in [3.8, 4) is 11.5 Å². The zero-order valence-corrected chi connectivity index (χ0v) is 19.0. The van der Waals surface area contributed by atoms with Gasteiger partial charge in [-0.05, 0) is 61.5 Å². The van der Waals surface area contributed by atoms with Gasteiger partial charge in [-0.15, -0.1) is 0 Å². The summed E-state index contributed by atoms with van der Waals surface area (Å²) in [5, 5.41) is 23.0. The average molecular weight is 474 g/mol. The van der Waals surface area contributed by atoms with Gasteiger partial charge in [-0.25, -0.2) is 0 Å². The molecule has 1 aliphatic rings. The van der Waals surface area contributed by atoms with E-state index in [0.717, 1.165) is 4.90 Å². The molecule has 0 aromatic heterocycles. The lowest BCUT2D eigenvalue weighted by molar-refractivity contribution is -0.385. The van der Waals surface area contributed by atoms with Gasteiger partial charge in [0.05, 0.1) is 29.8 Å². The third kappa shape index (κ3) is 4.31. The van der Waals surface area contributed by atoms with E-state index >= 15 is 0 Å². The summed E-state index contributed by atoms with van der Waals surface area (Å²) >= 11 is 0. The maximum absolute atomic E-state index is 13.2. The van der Waals surface area contributed by atoms with E-state index in [1.165, 1.54) is 25.3 Å². The van der Waals surface area contributed by atoms with Gasteiger partial charge in [-0.1, -0.05) is 12.1 Å². The van der Waals surface area contributed by atoms with Crippen molar-refractivity contribution < 1.29 is 29.1 Å². The molecule has 1 aliphatic heterocycles. The molecule has 35 heavy (non-hydrogen) atoms. The number of ketones is 1. The first kappa shape index (κ1) is 23.5. The fourth-order valence-electron chi connectivity index (χ4n) is 4.05. The van der Waals surface area contributed by atoms with Gasteiger partial charge in [0.1, 0.15) is 23.3 Å². The maximum Gasteiger partial charge on any atom is 0.300 e. The Morgan fingerprint density at radius 3 is 2.23 bits per heavy atom. The smallest absolute Gasteiger partial charge is 0.300 e. The number of hydrogen-bond acceptors (Lipinski definition) is 7. The summed E-state index contributed by atoms with van der Waals surface area (Å²) in [5.74, 6) is -1.20. The summed E-state index contributed by atoms with van der Waals surface area (Å²) in [6.07, 6.45) is 0. The first-order valence-electron chi connectivity index (χ1n) is 10.8. The number of methoxy groups -OCH3 is 1. The zero-order chi connectivity index (χ0) is 25.1. The number of carbonyl (C=O) groups excluding carboxylic acids is 2. The number of aliphatic hydroxyl groups is 1. The topological polar surface area (TPSA) is 119 Å². The monoisotopic (exact) mass is 474 g/mol. The Hall–Kier alpha value is -4.66. The van der Waals surface area contributed by atoms with E-state index in [-0.39, 0.29) is 22.4 Å². The molecule has 3 aromatic carbocycles. The van der Waals surface area contributed by atoms with E-state index in [1.807, 2.05) is 6.92 Å². The Bertz CT molecular complexity index is 1310. The maximum atomic E-state index is 13.2. The molecule has 4 rings (SSSR count). The predicted octanol–water partition coefficient (Wildman–Crippen LogP) is 4.63. The molecule has 1 fully saturated rings. The number of rotatable bonds is 7. The molecule has 0 spiro atoms. The number of carbonyl (C=O) groups is 2. The number of ether oxygens (including phenoxy) is 2. The summed E-state index contributed by atoms with van der Waals surface area (Å²) in [6, 6.07) is 17.3. The number of nitro benzene ring substituents is 1. The molecular weight excluding hydrogens is 452 g/mol. The van der Waals surface area contributed by atoms with Crippen LogP contribution in [0.3, 0.4) is 0 Å². The molecule has 178 valence electrons. The molecule has 0 saturated carbocycles. The Kier molecular flexibility index (Phi) is 6.50. The minimum atomic E-state index is -1.23. The number of anilines is 1. The van der Waals surface area contributed by atoms with Crippen molar-refractivity contribution in [1.82, 2.24) is 0 Å². The van der Waals surface area contributed by atoms with Gasteiger partial charge in [0.15, 0.2) is 0 Å². The number of Topliss-reactive ketones (excluding diaryl/α,β-unsaturated/α-hetero) is 1. The fraction of sp³-hybridized carbons (Fsp3) is 0.154. The summed E-state index contributed by atoms with van der Waals surface area (Å²) in [6.45, 7) is 2.29. The lowest BCUT2D eigenvalue weighted by Gasteiger charge is -2.25. The van der Waals surface area contributed by atoms with Crippen molar-refractivity contribution in [1.29, 1.82) is 0 Å². The van der Waals surface area contributed by atoms with Crippen molar-refractivity contribution in [3.63, 3.8) is 0 Å². The number of para-hydroxylation sites is 1. The minimum Gasteiger partial charge on any atom is -0.507 e. The second-order valence-corrected chi connectivity index (χ2v) is 7.64. The normalized spacial score (nSPS) is 16.9. The summed E-state index contributed by atoms with van der Waals surface area (Å²) in [4.78, 5) is 38.8. The second-order valence-electron chi connectivity index (χ2n) is 7.64. The quantitative estimate of drug-likeness (QED) is 0.174. The standard InChI is InChI=1S/C26H22N2O7/c1-3-35-19-12-8-16(9-13-19)24(29)22-23(20-6-4-5-7-21(20)28(32)33)27(26(31)25(22)30)17-10-14-18(34-2)15-11-17/h4-15,23,29H,3H2,1-2H3/b24-22+/t23-/m1/s1. The molecule has 3 aromatic rings. The van der Waals surface area contributed by atoms with Crippen molar-refractivity contribution in [2.75, 3.05) is 18.6 Å². The van der Waals surface area contributed by atoms with Crippen LogP contribution in [0, 0.1) is 10.1 Å². The van der Waals surface area contributed by atoms with Crippen LogP contribution >= 0.6 is 0 Å². The van der Waals surface area contributed by atoms with E-state index < -0.39 is 28.4 Å². The Morgan fingerprint density at radius 2 is 1.63 bits per heavy atom. The number of nitro groups is 1. The molecule has 0 aliphatic carbocycles. The summed E-state index contributed by atoms with van der Waals surface area (Å²) in [5.41, 5.74) is 0.159. The minimum absolute atomic E-state index is 0.0972. The molecule has 0 bridgehead atoms. The molecule has 1 N–H and O–H groups in total. The van der Waals surface area contributed by atoms with Crippen LogP contribution in [0.1, 0.15) is 24.1 Å². The van der Waals surface area contributed by atoms with E-state index in [0.29, 0.717) is 23.8 Å². The van der Waals surface area contributed by atoms with E-state index in [9.17, 15) is 24.8 Å². The van der Waals surface area contributed by atoms with Crippen LogP contribution in [0.25, 0.3) is 5.76 Å². The molecular formula is C26H22N2O7. The van der Waals surface area contributed by atoms with Crippen molar-refractivity contribution >= 4 is 28.8 Å². The van der Waals surface area contributed by atoms with Crippen molar-refractivity contribution in [2.24, 2.45) is 0 Å². The Morgan fingerprint density at radius 1 is 1.00 bits per heavy atom. The van der Waals surface area contributed by atoms with Crippen LogP contribution in [-0.4, -0.2) is 35.4 Å². The molecule has 0 unspecified atom stereocenters. The highest BCUT2D eigenvalue weighted by Gasteiger charge is 2.48. The number of benzene rings is 3. The summed E-state index contributed by atoms with van der Waals surface area (Å²) < 4.78 is 10.6. The molecule has 0 radical (unpaired) electrons. The van der Waals surface area contributed by atoms with Crippen LogP contribution in [0.15, 0.2) is 78.4 Å². The van der Waals surface area contributed by atoms with Crippen molar-refractivity contribution in [2.45, 2.75) is 13.0 Å². The average Bonchev–Trinajstić information content (AvgIpc) is 3.14. The molecule has 9 nitrogen and oxygen atoms in total. The van der Waals surface area contributed by atoms with E-state index in [4.69, 9.17) is 9.47 Å². The van der Waals surface area contributed by atoms with Gasteiger partial charge >= 0.3 is 0 Å². The van der Waals surface area contributed by atoms with Gasteiger partial charge < -0.3 is 14.6 Å². The van der Waals surface area contributed by atoms with E-state index in [2.05, 4.69) is 0 Å². The third-order valence-electron chi connectivity index (χ3n) is 5.66. The number of aliphatic hydroxyl groups excluding tert-OH is 1. The predicted molar refractivity (Wildman–Crippen MR) is 128 cm³/mol. The van der Waals surface area contributed by atoms with Crippen LogP contribution in [-0.2, 0) is 9.59 Å². The largest absolute Gasteiger partial charge is 0.507 e. The fourth-order valence-corrected chi connectivity index (χ4v) is 4.05. The van der Waals surface area contributed by atoms with E-state index in [1.54, 1.807) is 54.6 Å². The molecule has 9 heteroatoms. The number of amides is 1. The Labute approximate surface area is 201 Å². The van der Waals surface area contributed by atoms with Gasteiger partial charge in [0.2, 0.25) is 0 Å². The zero-order valence-electron chi connectivity index (χ0n) is 19.0. The van der Waals surface area contributed by atoms with Crippen LogP contribution in [0.2, 0.25) is 0 Å². The second kappa shape index (κ2) is 9.68. The highest BCUT2D eigenvalue weighted by molar-refractivity contribution is 6.51. The molecule has 1 atom stereocenters. The lowest BCUT2D eigenvalue weighted by atomic mass is 9.94. The van der Waals surface area contributed by atoms with Crippen LogP contribution in [0.4, 0.5) is 11.4 Å². The third-order valence-corrected chi connectivity index (χ3v) is 5.66.